The number of nitrogens with zero attached hydrogens (tertiary/aromatic N) is 3. The highest BCUT2D eigenvalue weighted by molar-refractivity contribution is 7.13. The van der Waals surface area contributed by atoms with E-state index < -0.39 is 6.10 Å². The highest BCUT2D eigenvalue weighted by Crippen LogP contribution is 2.22. The van der Waals surface area contributed by atoms with Gasteiger partial charge in [0.15, 0.2) is 5.13 Å². The number of aliphatic hydroxyl groups excluding tert-OH is 1. The average molecular weight is 229 g/mol. The van der Waals surface area contributed by atoms with Crippen LogP contribution in [0.4, 0.5) is 5.13 Å². The Morgan fingerprint density at radius 1 is 1.40 bits per heavy atom. The molecular formula is C10H19N3OS. The van der Waals surface area contributed by atoms with Crippen molar-refractivity contribution in [1.82, 2.24) is 9.88 Å². The van der Waals surface area contributed by atoms with E-state index in [0.29, 0.717) is 0 Å². The van der Waals surface area contributed by atoms with Gasteiger partial charge in [-0.05, 0) is 21.0 Å². The van der Waals surface area contributed by atoms with Gasteiger partial charge in [0.25, 0.3) is 0 Å². The predicted molar refractivity (Wildman–Crippen MR) is 64.6 cm³/mol. The Bertz CT molecular complexity index is 299. The molecule has 0 amide bonds. The molecule has 0 saturated carbocycles. The van der Waals surface area contributed by atoms with Crippen molar-refractivity contribution in [3.05, 3.63) is 11.1 Å². The van der Waals surface area contributed by atoms with Gasteiger partial charge in [-0.15, -0.1) is 11.3 Å². The molecule has 0 spiro atoms. The lowest BCUT2D eigenvalue weighted by Crippen LogP contribution is -2.28. The van der Waals surface area contributed by atoms with Crippen molar-refractivity contribution >= 4 is 16.5 Å². The summed E-state index contributed by atoms with van der Waals surface area (Å²) in [4.78, 5) is 8.61. The molecule has 1 heterocycles. The molecule has 5 heteroatoms. The number of aliphatic hydroxyl groups is 1. The van der Waals surface area contributed by atoms with E-state index in [1.54, 1.807) is 18.3 Å². The molecular weight excluding hydrogens is 210 g/mol. The van der Waals surface area contributed by atoms with Crippen LogP contribution in [0.15, 0.2) is 5.38 Å². The molecule has 0 aliphatic carbocycles. The van der Waals surface area contributed by atoms with Crippen molar-refractivity contribution in [1.29, 1.82) is 0 Å². The Hall–Kier alpha value is -0.650. The first-order valence-corrected chi connectivity index (χ1v) is 5.88. The maximum absolute atomic E-state index is 9.35. The molecule has 1 atom stereocenters. The molecule has 0 aliphatic rings. The summed E-state index contributed by atoms with van der Waals surface area (Å²) in [5.74, 6) is 0. The third-order valence-electron chi connectivity index (χ3n) is 2.15. The molecule has 0 fully saturated rings. The minimum absolute atomic E-state index is 0.475. The van der Waals surface area contributed by atoms with Gasteiger partial charge in [-0.1, -0.05) is 0 Å². The topological polar surface area (TPSA) is 39.6 Å². The summed E-state index contributed by atoms with van der Waals surface area (Å²) in [6, 6.07) is 0. The zero-order chi connectivity index (χ0) is 11.4. The molecule has 0 aliphatic heterocycles. The SMILES string of the molecule is CC(O)c1csc(N(C)CCN(C)C)n1. The standard InChI is InChI=1S/C10H19N3OS/c1-8(14)9-7-15-10(11-9)13(4)6-5-12(2)3/h7-8,14H,5-6H2,1-4H3. The number of hydrogen-bond acceptors (Lipinski definition) is 5. The fourth-order valence-electron chi connectivity index (χ4n) is 1.09. The molecule has 0 bridgehead atoms. The minimum atomic E-state index is -0.475. The van der Waals surface area contributed by atoms with E-state index in [1.807, 2.05) is 12.4 Å². The first-order chi connectivity index (χ1) is 7.00. The lowest BCUT2D eigenvalue weighted by atomic mass is 10.3. The lowest BCUT2D eigenvalue weighted by Gasteiger charge is -2.18. The van der Waals surface area contributed by atoms with E-state index in [-0.39, 0.29) is 0 Å². The number of hydrogen-bond donors (Lipinski definition) is 1. The highest BCUT2D eigenvalue weighted by Gasteiger charge is 2.09. The van der Waals surface area contributed by atoms with Crippen LogP contribution in [0.3, 0.4) is 0 Å². The smallest absolute Gasteiger partial charge is 0.185 e. The Kier molecular flexibility index (Phi) is 4.50. The van der Waals surface area contributed by atoms with Crippen molar-refractivity contribution < 1.29 is 5.11 Å². The predicted octanol–water partition coefficient (Wildman–Crippen LogP) is 1.19. The summed E-state index contributed by atoms with van der Waals surface area (Å²) in [6.45, 7) is 3.68. The quantitative estimate of drug-likeness (QED) is 0.823. The van der Waals surface area contributed by atoms with E-state index in [1.165, 1.54) is 0 Å². The summed E-state index contributed by atoms with van der Waals surface area (Å²) < 4.78 is 0. The van der Waals surface area contributed by atoms with Crippen molar-refractivity contribution in [2.45, 2.75) is 13.0 Å². The second-order valence-electron chi connectivity index (χ2n) is 3.96. The Morgan fingerprint density at radius 2 is 2.07 bits per heavy atom. The number of rotatable bonds is 5. The van der Waals surface area contributed by atoms with E-state index >= 15 is 0 Å². The zero-order valence-corrected chi connectivity index (χ0v) is 10.6. The van der Waals surface area contributed by atoms with Crippen molar-refractivity contribution in [3.63, 3.8) is 0 Å². The summed E-state index contributed by atoms with van der Waals surface area (Å²) >= 11 is 1.57. The molecule has 86 valence electrons. The van der Waals surface area contributed by atoms with Crippen molar-refractivity contribution in [3.8, 4) is 0 Å². The largest absolute Gasteiger partial charge is 0.387 e. The number of thiazole rings is 1. The molecule has 1 aromatic heterocycles. The maximum atomic E-state index is 9.35. The minimum Gasteiger partial charge on any atom is -0.387 e. The summed E-state index contributed by atoms with van der Waals surface area (Å²) in [6.07, 6.45) is -0.475. The number of anilines is 1. The van der Waals surface area contributed by atoms with E-state index in [2.05, 4.69) is 28.9 Å². The number of aromatic nitrogens is 1. The van der Waals surface area contributed by atoms with Gasteiger partial charge >= 0.3 is 0 Å². The van der Waals surface area contributed by atoms with E-state index in [9.17, 15) is 5.11 Å². The molecule has 1 unspecified atom stereocenters. The van der Waals surface area contributed by atoms with Gasteiger partial charge in [-0.3, -0.25) is 0 Å². The Balaban J connectivity index is 2.54. The van der Waals surface area contributed by atoms with Crippen molar-refractivity contribution in [2.24, 2.45) is 0 Å². The fraction of sp³-hybridized carbons (Fsp3) is 0.700. The van der Waals surface area contributed by atoms with Crippen molar-refractivity contribution in [2.75, 3.05) is 39.1 Å². The average Bonchev–Trinajstić information content (AvgIpc) is 2.62. The van der Waals surface area contributed by atoms with Crippen LogP contribution in [0, 0.1) is 0 Å². The van der Waals surface area contributed by atoms with Gasteiger partial charge in [-0.2, -0.15) is 0 Å². The van der Waals surface area contributed by atoms with Gasteiger partial charge in [-0.25, -0.2) is 4.98 Å². The van der Waals surface area contributed by atoms with E-state index in [0.717, 1.165) is 23.9 Å². The Labute approximate surface area is 95.2 Å². The second kappa shape index (κ2) is 5.44. The van der Waals surface area contributed by atoms with Crippen LogP contribution in [0.2, 0.25) is 0 Å². The second-order valence-corrected chi connectivity index (χ2v) is 4.79. The molecule has 1 aromatic rings. The zero-order valence-electron chi connectivity index (χ0n) is 9.77. The van der Waals surface area contributed by atoms with Crippen LogP contribution in [-0.4, -0.2) is 49.2 Å². The maximum Gasteiger partial charge on any atom is 0.185 e. The van der Waals surface area contributed by atoms with Gasteiger partial charge < -0.3 is 14.9 Å². The normalized spacial score (nSPS) is 13.2. The van der Waals surface area contributed by atoms with Crippen LogP contribution in [0.25, 0.3) is 0 Å². The lowest BCUT2D eigenvalue weighted by molar-refractivity contribution is 0.195. The first-order valence-electron chi connectivity index (χ1n) is 5.00. The summed E-state index contributed by atoms with van der Waals surface area (Å²) in [5.41, 5.74) is 0.756. The van der Waals surface area contributed by atoms with Crippen LogP contribution < -0.4 is 4.90 Å². The monoisotopic (exact) mass is 229 g/mol. The van der Waals surface area contributed by atoms with Crippen LogP contribution in [0.5, 0.6) is 0 Å². The summed E-state index contributed by atoms with van der Waals surface area (Å²) in [5, 5.41) is 12.2. The molecule has 0 radical (unpaired) electrons. The fourth-order valence-corrected chi connectivity index (χ4v) is 1.99. The molecule has 1 N–H and O–H groups in total. The molecule has 0 aromatic carbocycles. The van der Waals surface area contributed by atoms with Gasteiger partial charge in [0.2, 0.25) is 0 Å². The van der Waals surface area contributed by atoms with E-state index in [4.69, 9.17) is 0 Å². The number of likely N-dealkylation sites (N-methyl/N-ethyl adjacent to an activating group) is 2. The third kappa shape index (κ3) is 3.77. The Morgan fingerprint density at radius 3 is 2.53 bits per heavy atom. The molecule has 4 nitrogen and oxygen atoms in total. The molecule has 1 rings (SSSR count). The van der Waals surface area contributed by atoms with Crippen LogP contribution in [-0.2, 0) is 0 Å². The van der Waals surface area contributed by atoms with Crippen LogP contribution in [0.1, 0.15) is 18.7 Å². The first kappa shape index (κ1) is 12.4. The van der Waals surface area contributed by atoms with Gasteiger partial charge in [0.05, 0.1) is 11.8 Å². The molecule has 0 saturated heterocycles. The molecule has 15 heavy (non-hydrogen) atoms. The third-order valence-corrected chi connectivity index (χ3v) is 3.12. The van der Waals surface area contributed by atoms with Gasteiger partial charge in [0.1, 0.15) is 0 Å². The summed E-state index contributed by atoms with van der Waals surface area (Å²) in [7, 11) is 6.13. The highest BCUT2D eigenvalue weighted by atomic mass is 32.1. The van der Waals surface area contributed by atoms with Crippen LogP contribution >= 0.6 is 11.3 Å². The van der Waals surface area contributed by atoms with Gasteiger partial charge in [0, 0.05) is 25.5 Å².